The van der Waals surface area contributed by atoms with Crippen molar-refractivity contribution in [2.45, 2.75) is 17.1 Å². The van der Waals surface area contributed by atoms with E-state index in [4.69, 9.17) is 0 Å². The number of anilines is 2. The van der Waals surface area contributed by atoms with E-state index in [2.05, 4.69) is 27.0 Å². The number of hydrogen-bond donors (Lipinski definition) is 3. The number of thiophene rings is 1. The summed E-state index contributed by atoms with van der Waals surface area (Å²) in [6.45, 7) is 1.77. The maximum atomic E-state index is 13.4. The lowest BCUT2D eigenvalue weighted by Crippen LogP contribution is -2.30. The Balaban J connectivity index is 1.27. The molecular weight excluding hydrogens is 603 g/mol. The van der Waals surface area contributed by atoms with Crippen LogP contribution in [-0.4, -0.2) is 28.0 Å². The predicted molar refractivity (Wildman–Crippen MR) is 180 cm³/mol. The molecule has 1 unspecified atom stereocenters. The second-order valence-electron chi connectivity index (χ2n) is 9.73. The fourth-order valence-corrected chi connectivity index (χ4v) is 6.13. The van der Waals surface area contributed by atoms with Gasteiger partial charge in [-0.3, -0.25) is 19.4 Å². The summed E-state index contributed by atoms with van der Waals surface area (Å²) < 4.78 is 0. The number of hydrogen-bond acceptors (Lipinski definition) is 7. The van der Waals surface area contributed by atoms with Crippen LogP contribution in [0, 0.1) is 11.3 Å². The van der Waals surface area contributed by atoms with Crippen LogP contribution in [0.3, 0.4) is 0 Å². The van der Waals surface area contributed by atoms with Gasteiger partial charge >= 0.3 is 0 Å². The predicted octanol–water partition coefficient (Wildman–Crippen LogP) is 7.21. The van der Waals surface area contributed by atoms with Crippen molar-refractivity contribution in [1.29, 1.82) is 5.26 Å². The Labute approximate surface area is 268 Å². The second kappa shape index (κ2) is 14.8. The highest BCUT2D eigenvalue weighted by Gasteiger charge is 2.20. The van der Waals surface area contributed by atoms with Crippen molar-refractivity contribution in [2.75, 3.05) is 10.6 Å². The number of benzene rings is 3. The number of carbonyl (C=O) groups excluding carboxylic acids is 3. The average Bonchev–Trinajstić information content (AvgIpc) is 3.48. The van der Waals surface area contributed by atoms with Gasteiger partial charge in [0.05, 0.1) is 10.8 Å². The summed E-state index contributed by atoms with van der Waals surface area (Å²) in [5, 5.41) is 20.1. The molecule has 0 spiro atoms. The standard InChI is InChI=1S/C35H27N5O3S2/c1-23(32(41)40-35-29(20-36)30(22-44-35)25-11-4-2-5-12-25)45-28-16-8-15-27(19-28)38-34(43)31(18-24-10-9-17-37-21-24)39-33(42)26-13-6-3-7-14-26/h2-19,21-23H,1H3,(H,38,43)(H,39,42)(H,40,41)/b31-18-. The van der Waals surface area contributed by atoms with Crippen molar-refractivity contribution in [3.63, 3.8) is 0 Å². The molecule has 2 heterocycles. The number of nitrogens with one attached hydrogen (secondary N) is 3. The van der Waals surface area contributed by atoms with Gasteiger partial charge in [0, 0.05) is 39.5 Å². The molecule has 0 aliphatic heterocycles. The minimum Gasteiger partial charge on any atom is -0.321 e. The van der Waals surface area contributed by atoms with Crippen LogP contribution in [0.15, 0.2) is 125 Å². The molecule has 1 atom stereocenters. The highest BCUT2D eigenvalue weighted by atomic mass is 32.2. The van der Waals surface area contributed by atoms with Gasteiger partial charge in [-0.2, -0.15) is 5.26 Å². The summed E-state index contributed by atoms with van der Waals surface area (Å²) in [6, 6.07) is 31.0. The molecule has 3 aromatic carbocycles. The van der Waals surface area contributed by atoms with Crippen molar-refractivity contribution >= 4 is 57.6 Å². The quantitative estimate of drug-likeness (QED) is 0.111. The zero-order chi connectivity index (χ0) is 31.6. The van der Waals surface area contributed by atoms with E-state index in [1.165, 1.54) is 23.1 Å². The van der Waals surface area contributed by atoms with Crippen LogP contribution in [0.5, 0.6) is 0 Å². The molecule has 5 aromatic rings. The largest absolute Gasteiger partial charge is 0.321 e. The molecule has 3 N–H and O–H groups in total. The topological polar surface area (TPSA) is 124 Å². The maximum Gasteiger partial charge on any atom is 0.272 e. The molecule has 0 aliphatic carbocycles. The smallest absolute Gasteiger partial charge is 0.272 e. The first-order chi connectivity index (χ1) is 21.9. The van der Waals surface area contributed by atoms with E-state index in [1.807, 2.05) is 41.8 Å². The molecule has 0 fully saturated rings. The lowest BCUT2D eigenvalue weighted by Gasteiger charge is -2.14. The highest BCUT2D eigenvalue weighted by molar-refractivity contribution is 8.00. The lowest BCUT2D eigenvalue weighted by molar-refractivity contribution is -0.115. The number of nitrogens with zero attached hydrogens (tertiary/aromatic N) is 2. The summed E-state index contributed by atoms with van der Waals surface area (Å²) in [5.74, 6) is -1.20. The zero-order valence-electron chi connectivity index (χ0n) is 24.1. The fourth-order valence-electron chi connectivity index (χ4n) is 4.28. The van der Waals surface area contributed by atoms with E-state index in [9.17, 15) is 19.6 Å². The Kier molecular flexibility index (Phi) is 10.2. The van der Waals surface area contributed by atoms with Crippen molar-refractivity contribution in [3.05, 3.63) is 137 Å². The molecule has 0 bridgehead atoms. The van der Waals surface area contributed by atoms with Crippen LogP contribution in [0.25, 0.3) is 17.2 Å². The Morgan fingerprint density at radius 3 is 2.40 bits per heavy atom. The summed E-state index contributed by atoms with van der Waals surface area (Å²) in [6.07, 6.45) is 4.76. The summed E-state index contributed by atoms with van der Waals surface area (Å²) in [5.41, 5.74) is 3.69. The number of carbonyl (C=O) groups is 3. The number of nitriles is 1. The van der Waals surface area contributed by atoms with E-state index in [0.717, 1.165) is 16.0 Å². The van der Waals surface area contributed by atoms with E-state index in [1.54, 1.807) is 86.1 Å². The Bertz CT molecular complexity index is 1890. The maximum absolute atomic E-state index is 13.4. The fraction of sp³-hybridized carbons (Fsp3) is 0.0571. The number of pyridine rings is 1. The first-order valence-corrected chi connectivity index (χ1v) is 15.6. The van der Waals surface area contributed by atoms with Gasteiger partial charge in [0.25, 0.3) is 11.8 Å². The molecule has 8 nitrogen and oxygen atoms in total. The van der Waals surface area contributed by atoms with E-state index < -0.39 is 17.1 Å². The molecule has 5 rings (SSSR count). The molecule has 2 aromatic heterocycles. The average molecular weight is 630 g/mol. The summed E-state index contributed by atoms with van der Waals surface area (Å²) >= 11 is 2.63. The van der Waals surface area contributed by atoms with Crippen LogP contribution in [0.1, 0.15) is 28.4 Å². The van der Waals surface area contributed by atoms with Crippen LogP contribution < -0.4 is 16.0 Å². The van der Waals surface area contributed by atoms with Crippen LogP contribution in [-0.2, 0) is 9.59 Å². The molecule has 222 valence electrons. The summed E-state index contributed by atoms with van der Waals surface area (Å²) in [7, 11) is 0. The number of aromatic nitrogens is 1. The normalized spacial score (nSPS) is 11.6. The van der Waals surface area contributed by atoms with Gasteiger partial charge in [-0.05, 0) is 60.5 Å². The van der Waals surface area contributed by atoms with Gasteiger partial charge in [-0.25, -0.2) is 0 Å². The third-order valence-electron chi connectivity index (χ3n) is 6.52. The van der Waals surface area contributed by atoms with Gasteiger partial charge in [0.15, 0.2) is 0 Å². The SMILES string of the molecule is CC(Sc1cccc(NC(=O)/C(=C/c2cccnc2)NC(=O)c2ccccc2)c1)C(=O)Nc1scc(-c2ccccc2)c1C#N. The van der Waals surface area contributed by atoms with Gasteiger partial charge < -0.3 is 16.0 Å². The minimum atomic E-state index is -0.521. The number of thioether (sulfide) groups is 1. The Morgan fingerprint density at radius 1 is 0.933 bits per heavy atom. The Hall–Kier alpha value is -5.50. The molecular formula is C35H27N5O3S2. The molecule has 0 saturated carbocycles. The number of rotatable bonds is 10. The van der Waals surface area contributed by atoms with Crippen molar-refractivity contribution in [2.24, 2.45) is 0 Å². The van der Waals surface area contributed by atoms with Gasteiger partial charge in [0.1, 0.15) is 16.8 Å². The number of amides is 3. The van der Waals surface area contributed by atoms with Crippen molar-refractivity contribution in [3.8, 4) is 17.2 Å². The first-order valence-electron chi connectivity index (χ1n) is 13.9. The molecule has 0 saturated heterocycles. The molecule has 0 radical (unpaired) electrons. The van der Waals surface area contributed by atoms with Gasteiger partial charge in [-0.15, -0.1) is 23.1 Å². The van der Waals surface area contributed by atoms with Gasteiger partial charge in [0.2, 0.25) is 5.91 Å². The third kappa shape index (κ3) is 8.12. The molecule has 0 aliphatic rings. The van der Waals surface area contributed by atoms with E-state index in [0.29, 0.717) is 27.4 Å². The second-order valence-corrected chi connectivity index (χ2v) is 12.0. The molecule has 45 heavy (non-hydrogen) atoms. The highest BCUT2D eigenvalue weighted by Crippen LogP contribution is 2.35. The van der Waals surface area contributed by atoms with E-state index >= 15 is 0 Å². The van der Waals surface area contributed by atoms with Crippen molar-refractivity contribution < 1.29 is 14.4 Å². The van der Waals surface area contributed by atoms with Crippen LogP contribution in [0.2, 0.25) is 0 Å². The first kappa shape index (κ1) is 30.9. The third-order valence-corrected chi connectivity index (χ3v) is 8.51. The zero-order valence-corrected chi connectivity index (χ0v) is 25.7. The minimum absolute atomic E-state index is 0.0433. The van der Waals surface area contributed by atoms with E-state index in [-0.39, 0.29) is 11.6 Å². The lowest BCUT2D eigenvalue weighted by atomic mass is 10.1. The van der Waals surface area contributed by atoms with Crippen LogP contribution >= 0.6 is 23.1 Å². The van der Waals surface area contributed by atoms with Crippen molar-refractivity contribution in [1.82, 2.24) is 10.3 Å². The monoisotopic (exact) mass is 629 g/mol. The Morgan fingerprint density at radius 2 is 1.69 bits per heavy atom. The summed E-state index contributed by atoms with van der Waals surface area (Å²) in [4.78, 5) is 44.2. The van der Waals surface area contributed by atoms with Crippen LogP contribution in [0.4, 0.5) is 10.7 Å². The molecule has 10 heteroatoms. The van der Waals surface area contributed by atoms with Gasteiger partial charge in [-0.1, -0.05) is 60.7 Å². The molecule has 3 amide bonds.